The fraction of sp³-hybridized carbons (Fsp3) is 0.235. The predicted octanol–water partition coefficient (Wildman–Crippen LogP) is 5.87. The number of ketones is 1. The van der Waals surface area contributed by atoms with Gasteiger partial charge in [0, 0.05) is 35.3 Å². The Morgan fingerprint density at radius 1 is 0.737 bits per heavy atom. The summed E-state index contributed by atoms with van der Waals surface area (Å²) in [5.41, 5.74) is 5.31. The maximum atomic E-state index is 15.2. The van der Waals surface area contributed by atoms with E-state index in [1.54, 1.807) is 0 Å². The molecule has 1 N–H and O–H groups in total. The summed E-state index contributed by atoms with van der Waals surface area (Å²) in [6.45, 7) is 0.641. The Morgan fingerprint density at radius 2 is 1.42 bits per heavy atom. The van der Waals surface area contributed by atoms with Gasteiger partial charge in [-0.1, -0.05) is 97.1 Å². The average Bonchev–Trinajstić information content (AvgIpc) is 3.40. The van der Waals surface area contributed by atoms with Crippen molar-refractivity contribution in [2.24, 2.45) is 5.41 Å². The van der Waals surface area contributed by atoms with Gasteiger partial charge in [-0.15, -0.1) is 0 Å². The Morgan fingerprint density at radius 3 is 2.26 bits per heavy atom. The van der Waals surface area contributed by atoms with Crippen LogP contribution in [0.4, 0.5) is 5.69 Å². The lowest BCUT2D eigenvalue weighted by molar-refractivity contribution is -0.133. The third kappa shape index (κ3) is 2.54. The normalized spacial score (nSPS) is 29.1. The number of anilines is 1. The lowest BCUT2D eigenvalue weighted by Gasteiger charge is -2.49. The van der Waals surface area contributed by atoms with Crippen molar-refractivity contribution in [1.82, 2.24) is 4.90 Å². The monoisotopic (exact) mass is 496 g/mol. The molecule has 3 heterocycles. The molecular weight excluding hydrogens is 468 g/mol. The van der Waals surface area contributed by atoms with E-state index in [1.807, 2.05) is 42.5 Å². The standard InChI is InChI=1S/C34H28N2O2/c37-31-26-15-7-6-10-22(26)18-19-33(31)30(23-11-2-1-3-12-23)29-20-24-13-4-5-14-25(24)21-36(29)34(33)27-16-8-9-17-28(27)35-32(34)38/h1-17,29-30H,18-21H2,(H,35,38)/t29-,30-,33-,34-/m0/s1. The molecule has 4 atom stereocenters. The van der Waals surface area contributed by atoms with E-state index in [9.17, 15) is 4.79 Å². The number of amides is 1. The molecule has 4 aliphatic rings. The maximum Gasteiger partial charge on any atom is 0.250 e. The van der Waals surface area contributed by atoms with Crippen molar-refractivity contribution in [2.75, 3.05) is 5.32 Å². The quantitative estimate of drug-likeness (QED) is 0.358. The van der Waals surface area contributed by atoms with E-state index in [-0.39, 0.29) is 23.7 Å². The van der Waals surface area contributed by atoms with Gasteiger partial charge in [-0.25, -0.2) is 0 Å². The molecule has 0 saturated carbocycles. The first kappa shape index (κ1) is 22.0. The van der Waals surface area contributed by atoms with Crippen LogP contribution in [0.5, 0.6) is 0 Å². The van der Waals surface area contributed by atoms with Crippen LogP contribution in [0.2, 0.25) is 0 Å². The van der Waals surface area contributed by atoms with E-state index >= 15 is 4.79 Å². The molecule has 1 amide bonds. The summed E-state index contributed by atoms with van der Waals surface area (Å²) < 4.78 is 0. The molecule has 3 aliphatic heterocycles. The van der Waals surface area contributed by atoms with Crippen LogP contribution in [0.15, 0.2) is 103 Å². The van der Waals surface area contributed by atoms with Crippen molar-refractivity contribution in [2.45, 2.75) is 43.3 Å². The molecule has 4 aromatic carbocycles. The highest BCUT2D eigenvalue weighted by molar-refractivity contribution is 6.15. The summed E-state index contributed by atoms with van der Waals surface area (Å²) in [5, 5.41) is 3.24. The van der Waals surface area contributed by atoms with E-state index in [2.05, 4.69) is 70.9 Å². The molecule has 186 valence electrons. The van der Waals surface area contributed by atoms with Gasteiger partial charge in [0.15, 0.2) is 5.78 Å². The SMILES string of the molecule is O=C1Nc2ccccc2[C@]12N1Cc3ccccc3C[C@H]1[C@H](c1ccccc1)[C@]21CCc2ccccc2C1=O. The van der Waals surface area contributed by atoms with Crippen molar-refractivity contribution in [3.63, 3.8) is 0 Å². The van der Waals surface area contributed by atoms with Gasteiger partial charge in [0.05, 0.1) is 5.41 Å². The highest BCUT2D eigenvalue weighted by Crippen LogP contribution is 2.69. The number of fused-ring (bicyclic) bond motifs is 7. The van der Waals surface area contributed by atoms with Crippen molar-refractivity contribution in [3.8, 4) is 0 Å². The maximum absolute atomic E-state index is 15.2. The van der Waals surface area contributed by atoms with Gasteiger partial charge in [0.2, 0.25) is 0 Å². The van der Waals surface area contributed by atoms with Crippen LogP contribution < -0.4 is 5.32 Å². The fourth-order valence-corrected chi connectivity index (χ4v) is 8.45. The molecular formula is C34H28N2O2. The van der Waals surface area contributed by atoms with Crippen LogP contribution in [0.3, 0.4) is 0 Å². The zero-order valence-electron chi connectivity index (χ0n) is 21.1. The number of hydrogen-bond acceptors (Lipinski definition) is 3. The molecule has 0 bridgehead atoms. The molecule has 1 fully saturated rings. The van der Waals surface area contributed by atoms with Crippen molar-refractivity contribution in [3.05, 3.63) is 137 Å². The van der Waals surface area contributed by atoms with Crippen molar-refractivity contribution >= 4 is 17.4 Å². The molecule has 0 radical (unpaired) electrons. The second-order valence-corrected chi connectivity index (χ2v) is 11.2. The van der Waals surface area contributed by atoms with Gasteiger partial charge < -0.3 is 5.32 Å². The Bertz CT molecular complexity index is 1630. The summed E-state index contributed by atoms with van der Waals surface area (Å²) in [4.78, 5) is 32.2. The van der Waals surface area contributed by atoms with Gasteiger partial charge in [-0.2, -0.15) is 0 Å². The number of carbonyl (C=O) groups is 2. The molecule has 0 aromatic heterocycles. The number of Topliss-reactive ketones (excluding diaryl/α,β-unsaturated/α-hetero) is 1. The van der Waals surface area contributed by atoms with Gasteiger partial charge in [0.1, 0.15) is 5.54 Å². The number of benzene rings is 4. The summed E-state index contributed by atoms with van der Waals surface area (Å²) in [6, 6.07) is 35.1. The summed E-state index contributed by atoms with van der Waals surface area (Å²) >= 11 is 0. The lowest BCUT2D eigenvalue weighted by Crippen LogP contribution is -2.61. The molecule has 1 aliphatic carbocycles. The first-order valence-corrected chi connectivity index (χ1v) is 13.6. The molecule has 0 unspecified atom stereocenters. The summed E-state index contributed by atoms with van der Waals surface area (Å²) in [6.07, 6.45) is 2.22. The zero-order chi connectivity index (χ0) is 25.5. The van der Waals surface area contributed by atoms with E-state index in [0.29, 0.717) is 13.0 Å². The van der Waals surface area contributed by atoms with Crippen LogP contribution in [0.1, 0.15) is 50.5 Å². The topological polar surface area (TPSA) is 49.4 Å². The number of nitrogens with one attached hydrogen (secondary N) is 1. The van der Waals surface area contributed by atoms with Crippen LogP contribution >= 0.6 is 0 Å². The lowest BCUT2D eigenvalue weighted by atomic mass is 9.53. The second-order valence-electron chi connectivity index (χ2n) is 11.2. The van der Waals surface area contributed by atoms with Gasteiger partial charge >= 0.3 is 0 Å². The summed E-state index contributed by atoms with van der Waals surface area (Å²) in [7, 11) is 0. The Balaban J connectivity index is 1.49. The molecule has 4 aromatic rings. The number of para-hydroxylation sites is 1. The first-order valence-electron chi connectivity index (χ1n) is 13.6. The first-order chi connectivity index (χ1) is 18.7. The number of nitrogens with zero attached hydrogens (tertiary/aromatic N) is 1. The molecule has 4 nitrogen and oxygen atoms in total. The van der Waals surface area contributed by atoms with E-state index in [1.165, 1.54) is 11.1 Å². The number of aryl methyl sites for hydroxylation is 1. The minimum atomic E-state index is -1.09. The highest BCUT2D eigenvalue weighted by Gasteiger charge is 2.77. The smallest absolute Gasteiger partial charge is 0.250 e. The number of hydrogen-bond donors (Lipinski definition) is 1. The minimum absolute atomic E-state index is 0.0124. The second kappa shape index (κ2) is 7.75. The van der Waals surface area contributed by atoms with Crippen LogP contribution in [-0.4, -0.2) is 22.6 Å². The Labute approximate surface area is 222 Å². The number of rotatable bonds is 1. The van der Waals surface area contributed by atoms with Crippen molar-refractivity contribution < 1.29 is 9.59 Å². The van der Waals surface area contributed by atoms with E-state index < -0.39 is 11.0 Å². The Hall–Kier alpha value is -4.02. The largest absolute Gasteiger partial charge is 0.324 e. The fourth-order valence-electron chi connectivity index (χ4n) is 8.45. The molecule has 8 rings (SSSR count). The summed E-state index contributed by atoms with van der Waals surface area (Å²) in [5.74, 6) is -0.0810. The molecule has 38 heavy (non-hydrogen) atoms. The average molecular weight is 497 g/mol. The third-order valence-corrected chi connectivity index (χ3v) is 9.79. The molecule has 4 heteroatoms. The Kier molecular flexibility index (Phi) is 4.49. The van der Waals surface area contributed by atoms with Crippen LogP contribution in [-0.2, 0) is 29.7 Å². The highest BCUT2D eigenvalue weighted by atomic mass is 16.2. The van der Waals surface area contributed by atoms with Crippen LogP contribution in [0.25, 0.3) is 0 Å². The predicted molar refractivity (Wildman–Crippen MR) is 147 cm³/mol. The zero-order valence-corrected chi connectivity index (χ0v) is 21.1. The van der Waals surface area contributed by atoms with Crippen molar-refractivity contribution in [1.29, 1.82) is 0 Å². The van der Waals surface area contributed by atoms with E-state index in [4.69, 9.17) is 0 Å². The van der Waals surface area contributed by atoms with Crippen LogP contribution in [0, 0.1) is 5.41 Å². The third-order valence-electron chi connectivity index (χ3n) is 9.79. The van der Waals surface area contributed by atoms with Gasteiger partial charge in [0.25, 0.3) is 5.91 Å². The van der Waals surface area contributed by atoms with Gasteiger partial charge in [-0.3, -0.25) is 14.5 Å². The van der Waals surface area contributed by atoms with Gasteiger partial charge in [-0.05, 0) is 47.6 Å². The van der Waals surface area contributed by atoms with E-state index in [0.717, 1.165) is 40.8 Å². The molecule has 2 spiro atoms. The number of carbonyl (C=O) groups excluding carboxylic acids is 2. The molecule has 1 saturated heterocycles. The minimum Gasteiger partial charge on any atom is -0.324 e.